The SMILES string of the molecule is CC(NC(=O)NC(C)C1CC2CCC1C2)Oc1ccc(O)cc1. The Bertz CT molecular complexity index is 546. The third kappa shape index (κ3) is 3.89. The highest BCUT2D eigenvalue weighted by Crippen LogP contribution is 2.49. The molecule has 2 aliphatic rings. The van der Waals surface area contributed by atoms with Crippen LogP contribution in [0.4, 0.5) is 4.79 Å². The third-order valence-corrected chi connectivity index (χ3v) is 5.28. The summed E-state index contributed by atoms with van der Waals surface area (Å²) in [7, 11) is 0. The Morgan fingerprint density at radius 1 is 1.17 bits per heavy atom. The highest BCUT2D eigenvalue weighted by molar-refractivity contribution is 5.74. The first-order chi connectivity index (χ1) is 11.0. The van der Waals surface area contributed by atoms with Gasteiger partial charge in [0.25, 0.3) is 0 Å². The molecule has 3 rings (SSSR count). The van der Waals surface area contributed by atoms with Crippen LogP contribution in [-0.2, 0) is 0 Å². The summed E-state index contributed by atoms with van der Waals surface area (Å²) >= 11 is 0. The van der Waals surface area contributed by atoms with Crippen LogP contribution >= 0.6 is 0 Å². The fourth-order valence-corrected chi connectivity index (χ4v) is 4.20. The fraction of sp³-hybridized carbons (Fsp3) is 0.611. The van der Waals surface area contributed by atoms with Crippen LogP contribution in [0.15, 0.2) is 24.3 Å². The minimum atomic E-state index is -0.438. The Morgan fingerprint density at radius 2 is 1.91 bits per heavy atom. The Labute approximate surface area is 137 Å². The van der Waals surface area contributed by atoms with Crippen LogP contribution in [0.5, 0.6) is 11.5 Å². The molecule has 23 heavy (non-hydrogen) atoms. The maximum atomic E-state index is 12.1. The maximum absolute atomic E-state index is 12.1. The lowest BCUT2D eigenvalue weighted by Gasteiger charge is -2.29. The number of hydrogen-bond donors (Lipinski definition) is 3. The summed E-state index contributed by atoms with van der Waals surface area (Å²) in [5.74, 6) is 3.09. The smallest absolute Gasteiger partial charge is 0.317 e. The number of ether oxygens (including phenoxy) is 1. The fourth-order valence-electron chi connectivity index (χ4n) is 4.20. The van der Waals surface area contributed by atoms with Crippen molar-refractivity contribution in [3.05, 3.63) is 24.3 Å². The molecule has 5 heteroatoms. The molecule has 5 nitrogen and oxygen atoms in total. The molecule has 0 heterocycles. The van der Waals surface area contributed by atoms with Gasteiger partial charge in [0.05, 0.1) is 0 Å². The molecule has 2 saturated carbocycles. The molecule has 0 spiro atoms. The predicted molar refractivity (Wildman–Crippen MR) is 88.3 cm³/mol. The van der Waals surface area contributed by atoms with Gasteiger partial charge in [-0.25, -0.2) is 4.79 Å². The van der Waals surface area contributed by atoms with Gasteiger partial charge < -0.3 is 20.5 Å². The zero-order valence-corrected chi connectivity index (χ0v) is 13.8. The van der Waals surface area contributed by atoms with E-state index in [0.717, 1.165) is 11.8 Å². The first-order valence-corrected chi connectivity index (χ1v) is 8.54. The van der Waals surface area contributed by atoms with Crippen molar-refractivity contribution in [2.45, 2.75) is 51.8 Å². The van der Waals surface area contributed by atoms with Crippen molar-refractivity contribution in [2.24, 2.45) is 17.8 Å². The molecule has 2 amide bonds. The topological polar surface area (TPSA) is 70.6 Å². The first kappa shape index (κ1) is 16.0. The van der Waals surface area contributed by atoms with Crippen molar-refractivity contribution in [3.8, 4) is 11.5 Å². The van der Waals surface area contributed by atoms with Crippen molar-refractivity contribution in [1.82, 2.24) is 10.6 Å². The average Bonchev–Trinajstić information content (AvgIpc) is 3.12. The van der Waals surface area contributed by atoms with Gasteiger partial charge in [0.2, 0.25) is 0 Å². The van der Waals surface area contributed by atoms with Gasteiger partial charge >= 0.3 is 6.03 Å². The van der Waals surface area contributed by atoms with E-state index < -0.39 is 6.23 Å². The van der Waals surface area contributed by atoms with Gasteiger partial charge in [0.1, 0.15) is 11.5 Å². The Balaban J connectivity index is 1.44. The quantitative estimate of drug-likeness (QED) is 0.730. The van der Waals surface area contributed by atoms with Crippen molar-refractivity contribution in [3.63, 3.8) is 0 Å². The zero-order valence-electron chi connectivity index (χ0n) is 13.8. The molecule has 1 aromatic carbocycles. The molecular formula is C18H26N2O3. The Hall–Kier alpha value is -1.91. The number of hydrogen-bond acceptors (Lipinski definition) is 3. The van der Waals surface area contributed by atoms with E-state index >= 15 is 0 Å². The van der Waals surface area contributed by atoms with E-state index in [4.69, 9.17) is 4.74 Å². The van der Waals surface area contributed by atoms with E-state index in [1.165, 1.54) is 25.7 Å². The van der Waals surface area contributed by atoms with Crippen molar-refractivity contribution < 1.29 is 14.6 Å². The molecule has 3 N–H and O–H groups in total. The van der Waals surface area contributed by atoms with Crippen molar-refractivity contribution in [1.29, 1.82) is 0 Å². The summed E-state index contributed by atoms with van der Waals surface area (Å²) in [6, 6.07) is 6.46. The number of urea groups is 1. The number of phenols is 1. The number of benzene rings is 1. The molecule has 0 aliphatic heterocycles. The monoisotopic (exact) mass is 318 g/mol. The second-order valence-electron chi connectivity index (χ2n) is 7.00. The van der Waals surface area contributed by atoms with E-state index in [-0.39, 0.29) is 17.8 Å². The minimum Gasteiger partial charge on any atom is -0.508 e. The molecule has 2 fully saturated rings. The second kappa shape index (κ2) is 6.69. The number of amides is 2. The Kier molecular flexibility index (Phi) is 4.64. The highest BCUT2D eigenvalue weighted by Gasteiger charge is 2.42. The lowest BCUT2D eigenvalue weighted by Crippen LogP contribution is -2.49. The van der Waals surface area contributed by atoms with Gasteiger partial charge in [-0.05, 0) is 75.1 Å². The van der Waals surface area contributed by atoms with Gasteiger partial charge in [-0.15, -0.1) is 0 Å². The van der Waals surface area contributed by atoms with E-state index in [9.17, 15) is 9.90 Å². The van der Waals surface area contributed by atoms with E-state index in [2.05, 4.69) is 17.6 Å². The number of rotatable bonds is 5. The minimum absolute atomic E-state index is 0.188. The molecule has 2 bridgehead atoms. The summed E-state index contributed by atoms with van der Waals surface area (Å²) in [5.41, 5.74) is 0. The second-order valence-corrected chi connectivity index (χ2v) is 7.00. The lowest BCUT2D eigenvalue weighted by atomic mass is 9.84. The summed E-state index contributed by atoms with van der Waals surface area (Å²) < 4.78 is 5.61. The van der Waals surface area contributed by atoms with Crippen LogP contribution in [0.1, 0.15) is 39.5 Å². The molecular weight excluding hydrogens is 292 g/mol. The van der Waals surface area contributed by atoms with Gasteiger partial charge in [-0.3, -0.25) is 0 Å². The van der Waals surface area contributed by atoms with Gasteiger partial charge in [0, 0.05) is 6.04 Å². The molecule has 5 unspecified atom stereocenters. The summed E-state index contributed by atoms with van der Waals surface area (Å²) in [5, 5.41) is 15.1. The van der Waals surface area contributed by atoms with Crippen LogP contribution in [-0.4, -0.2) is 23.4 Å². The van der Waals surface area contributed by atoms with Crippen LogP contribution in [0.25, 0.3) is 0 Å². The highest BCUT2D eigenvalue weighted by atomic mass is 16.5. The van der Waals surface area contributed by atoms with Crippen LogP contribution < -0.4 is 15.4 Å². The van der Waals surface area contributed by atoms with Crippen molar-refractivity contribution in [2.75, 3.05) is 0 Å². The molecule has 0 radical (unpaired) electrons. The number of carbonyl (C=O) groups is 1. The normalized spacial score (nSPS) is 28.2. The van der Waals surface area contributed by atoms with Gasteiger partial charge in [-0.2, -0.15) is 0 Å². The molecule has 126 valence electrons. The average molecular weight is 318 g/mol. The summed E-state index contributed by atoms with van der Waals surface area (Å²) in [4.78, 5) is 12.1. The molecule has 5 atom stereocenters. The Morgan fingerprint density at radius 3 is 2.52 bits per heavy atom. The predicted octanol–water partition coefficient (Wildman–Crippen LogP) is 3.24. The number of fused-ring (bicyclic) bond motifs is 2. The third-order valence-electron chi connectivity index (χ3n) is 5.28. The number of phenolic OH excluding ortho intramolecular Hbond substituents is 1. The summed E-state index contributed by atoms with van der Waals surface area (Å²) in [6.07, 6.45) is 4.86. The number of carbonyl (C=O) groups excluding carboxylic acids is 1. The largest absolute Gasteiger partial charge is 0.508 e. The van der Waals surface area contributed by atoms with E-state index in [0.29, 0.717) is 11.7 Å². The maximum Gasteiger partial charge on any atom is 0.317 e. The van der Waals surface area contributed by atoms with E-state index in [1.807, 2.05) is 0 Å². The zero-order chi connectivity index (χ0) is 16.4. The van der Waals surface area contributed by atoms with Crippen LogP contribution in [0.3, 0.4) is 0 Å². The number of aromatic hydroxyl groups is 1. The first-order valence-electron chi connectivity index (χ1n) is 8.54. The lowest BCUT2D eigenvalue weighted by molar-refractivity contribution is 0.170. The number of nitrogens with one attached hydrogen (secondary N) is 2. The molecule has 2 aliphatic carbocycles. The van der Waals surface area contributed by atoms with E-state index in [1.54, 1.807) is 31.2 Å². The van der Waals surface area contributed by atoms with Crippen LogP contribution in [0, 0.1) is 17.8 Å². The molecule has 0 saturated heterocycles. The van der Waals surface area contributed by atoms with Gasteiger partial charge in [-0.1, -0.05) is 6.42 Å². The standard InChI is InChI=1S/C18H26N2O3/c1-11(17-10-13-3-4-14(17)9-13)19-18(22)20-12(2)23-16-7-5-15(21)6-8-16/h5-8,11-14,17,21H,3-4,9-10H2,1-2H3,(H2,19,20,22). The molecule has 0 aromatic heterocycles. The van der Waals surface area contributed by atoms with Crippen molar-refractivity contribution >= 4 is 6.03 Å². The van der Waals surface area contributed by atoms with Gasteiger partial charge in [0.15, 0.2) is 6.23 Å². The molecule has 1 aromatic rings. The van der Waals surface area contributed by atoms with Crippen LogP contribution in [0.2, 0.25) is 0 Å². The summed E-state index contributed by atoms with van der Waals surface area (Å²) in [6.45, 7) is 3.89.